The van der Waals surface area contributed by atoms with Gasteiger partial charge < -0.3 is 0 Å². The molecule has 0 aliphatic carbocycles. The molecule has 0 unspecified atom stereocenters. The van der Waals surface area contributed by atoms with Gasteiger partial charge in [0.2, 0.25) is 0 Å². The predicted molar refractivity (Wildman–Crippen MR) is 181 cm³/mol. The van der Waals surface area contributed by atoms with Crippen LogP contribution < -0.4 is 4.57 Å². The van der Waals surface area contributed by atoms with Crippen molar-refractivity contribution in [3.8, 4) is 44.8 Å². The molecule has 8 rings (SSSR count). The summed E-state index contributed by atoms with van der Waals surface area (Å²) in [4.78, 5) is 0. The van der Waals surface area contributed by atoms with Gasteiger partial charge in [-0.05, 0) is 91.3 Å². The van der Waals surface area contributed by atoms with Gasteiger partial charge in [-0.3, -0.25) is 0 Å². The van der Waals surface area contributed by atoms with Gasteiger partial charge in [0, 0.05) is 0 Å². The molecule has 0 N–H and O–H groups in total. The summed E-state index contributed by atoms with van der Waals surface area (Å²) in [5.74, 6) is 1.19. The first kappa shape index (κ1) is 25.3. The van der Waals surface area contributed by atoms with E-state index in [-0.39, 0.29) is 0 Å². The van der Waals surface area contributed by atoms with Crippen LogP contribution in [0.1, 0.15) is 0 Å². The minimum atomic E-state index is 1.19. The van der Waals surface area contributed by atoms with Crippen molar-refractivity contribution < 1.29 is 4.57 Å². The Hall–Kier alpha value is -5.47. The summed E-state index contributed by atoms with van der Waals surface area (Å²) in [6, 6.07) is 55.0. The summed E-state index contributed by atoms with van der Waals surface area (Å²) in [5.41, 5.74) is 11.1. The number of aromatic nitrogens is 2. The second kappa shape index (κ2) is 10.1. The Bertz CT molecular complexity index is 2280. The molecule has 0 saturated carbocycles. The summed E-state index contributed by atoms with van der Waals surface area (Å²) >= 11 is 0. The van der Waals surface area contributed by atoms with E-state index in [1.54, 1.807) is 0 Å². The minimum Gasteiger partial charge on any atom is -0.226 e. The largest absolute Gasteiger partial charge is 0.289 e. The molecule has 0 fully saturated rings. The molecular formula is C41H31N2+. The highest BCUT2D eigenvalue weighted by Crippen LogP contribution is 2.44. The molecule has 0 aliphatic rings. The van der Waals surface area contributed by atoms with Crippen molar-refractivity contribution in [2.75, 3.05) is 0 Å². The van der Waals surface area contributed by atoms with Crippen molar-refractivity contribution in [1.29, 1.82) is 0 Å². The smallest absolute Gasteiger partial charge is 0.226 e. The molecule has 2 heteroatoms. The highest BCUT2D eigenvalue weighted by Gasteiger charge is 2.23. The van der Waals surface area contributed by atoms with E-state index in [0.29, 0.717) is 0 Å². The van der Waals surface area contributed by atoms with Crippen LogP contribution >= 0.6 is 0 Å². The third-order valence-electron chi connectivity index (χ3n) is 8.85. The fourth-order valence-corrected chi connectivity index (χ4v) is 6.87. The van der Waals surface area contributed by atoms with Crippen molar-refractivity contribution >= 4 is 32.6 Å². The number of aryl methyl sites for hydroxylation is 2. The maximum atomic E-state index is 2.40. The number of benzene rings is 7. The van der Waals surface area contributed by atoms with Crippen LogP contribution in [0, 0.1) is 0 Å². The van der Waals surface area contributed by atoms with Crippen LogP contribution in [0.25, 0.3) is 77.3 Å². The molecule has 0 saturated heterocycles. The second-order valence-corrected chi connectivity index (χ2v) is 11.3. The van der Waals surface area contributed by atoms with E-state index in [1.165, 1.54) is 77.3 Å². The van der Waals surface area contributed by atoms with Gasteiger partial charge in [-0.1, -0.05) is 115 Å². The first-order chi connectivity index (χ1) is 21.2. The zero-order valence-electron chi connectivity index (χ0n) is 24.3. The first-order valence-corrected chi connectivity index (χ1v) is 14.8. The third kappa shape index (κ3) is 4.06. The molecule has 7 aromatic carbocycles. The van der Waals surface area contributed by atoms with E-state index in [1.807, 2.05) is 0 Å². The minimum absolute atomic E-state index is 1.19. The van der Waals surface area contributed by atoms with Gasteiger partial charge in [-0.15, -0.1) is 0 Å². The summed E-state index contributed by atoms with van der Waals surface area (Å²) < 4.78 is 4.60. The summed E-state index contributed by atoms with van der Waals surface area (Å²) in [6.45, 7) is 0. The Balaban J connectivity index is 1.41. The Kier molecular flexibility index (Phi) is 5.94. The molecular weight excluding hydrogens is 520 g/mol. The third-order valence-corrected chi connectivity index (χ3v) is 8.85. The maximum Gasteiger partial charge on any atom is 0.289 e. The molecule has 0 spiro atoms. The van der Waals surface area contributed by atoms with E-state index in [2.05, 4.69) is 175 Å². The van der Waals surface area contributed by atoms with Crippen molar-refractivity contribution in [2.45, 2.75) is 0 Å². The molecule has 0 amide bonds. The van der Waals surface area contributed by atoms with Gasteiger partial charge in [0.25, 0.3) is 5.82 Å². The number of imidazole rings is 1. The number of hydrogen-bond acceptors (Lipinski definition) is 0. The highest BCUT2D eigenvalue weighted by atomic mass is 15.1. The van der Waals surface area contributed by atoms with Gasteiger partial charge in [0.1, 0.15) is 0 Å². The van der Waals surface area contributed by atoms with Gasteiger partial charge in [-0.2, -0.15) is 0 Å². The van der Waals surface area contributed by atoms with Crippen LogP contribution in [0.4, 0.5) is 0 Å². The average molecular weight is 552 g/mol. The van der Waals surface area contributed by atoms with E-state index in [9.17, 15) is 0 Å². The van der Waals surface area contributed by atoms with Crippen LogP contribution in [-0.4, -0.2) is 4.57 Å². The molecule has 2 nitrogen and oxygen atoms in total. The molecule has 204 valence electrons. The molecule has 8 aromatic rings. The van der Waals surface area contributed by atoms with Crippen molar-refractivity contribution in [3.63, 3.8) is 0 Å². The Morgan fingerprint density at radius 3 is 1.49 bits per heavy atom. The quantitative estimate of drug-likeness (QED) is 0.152. The monoisotopic (exact) mass is 551 g/mol. The zero-order chi connectivity index (χ0) is 28.9. The predicted octanol–water partition coefficient (Wildman–Crippen LogP) is 9.98. The maximum absolute atomic E-state index is 2.40. The molecule has 1 aromatic heterocycles. The molecule has 0 bridgehead atoms. The lowest BCUT2D eigenvalue weighted by Gasteiger charge is -2.18. The Labute approximate surface area is 251 Å². The van der Waals surface area contributed by atoms with Crippen molar-refractivity contribution in [1.82, 2.24) is 4.57 Å². The molecule has 1 heterocycles. The number of fused-ring (bicyclic) bond motifs is 3. The van der Waals surface area contributed by atoms with Gasteiger partial charge in [-0.25, -0.2) is 9.13 Å². The molecule has 43 heavy (non-hydrogen) atoms. The Morgan fingerprint density at radius 2 is 0.884 bits per heavy atom. The van der Waals surface area contributed by atoms with Gasteiger partial charge >= 0.3 is 0 Å². The van der Waals surface area contributed by atoms with Crippen molar-refractivity contribution in [3.05, 3.63) is 152 Å². The topological polar surface area (TPSA) is 8.81 Å². The second-order valence-electron chi connectivity index (χ2n) is 11.3. The van der Waals surface area contributed by atoms with Crippen molar-refractivity contribution in [2.24, 2.45) is 14.1 Å². The van der Waals surface area contributed by atoms with E-state index in [4.69, 9.17) is 0 Å². The lowest BCUT2D eigenvalue weighted by atomic mass is 9.85. The SMILES string of the molecule is Cn1c(-c2ccccc2)[n+](C)c2cc(-c3ccc4c(-c5ccccc5)c5ccccc5c(-c5ccccc5)c4c3)ccc21. The lowest BCUT2D eigenvalue weighted by Crippen LogP contribution is -2.30. The van der Waals surface area contributed by atoms with Gasteiger partial charge in [0.05, 0.1) is 19.7 Å². The fraction of sp³-hybridized carbons (Fsp3) is 0.0488. The summed E-state index contributed by atoms with van der Waals surface area (Å²) in [5, 5.41) is 5.09. The van der Waals surface area contributed by atoms with Gasteiger partial charge in [0.15, 0.2) is 11.0 Å². The highest BCUT2D eigenvalue weighted by molar-refractivity contribution is 6.22. The number of hydrogen-bond donors (Lipinski definition) is 0. The zero-order valence-corrected chi connectivity index (χ0v) is 24.3. The van der Waals surface area contributed by atoms with Crippen LogP contribution in [0.3, 0.4) is 0 Å². The number of nitrogens with zero attached hydrogens (tertiary/aromatic N) is 2. The van der Waals surface area contributed by atoms with Crippen LogP contribution in [0.2, 0.25) is 0 Å². The van der Waals surface area contributed by atoms with E-state index >= 15 is 0 Å². The normalized spacial score (nSPS) is 11.5. The lowest BCUT2D eigenvalue weighted by molar-refractivity contribution is -0.634. The number of rotatable bonds is 4. The van der Waals surface area contributed by atoms with Crippen LogP contribution in [0.15, 0.2) is 152 Å². The first-order valence-electron chi connectivity index (χ1n) is 14.8. The molecule has 0 aliphatic heterocycles. The summed E-state index contributed by atoms with van der Waals surface area (Å²) in [7, 11) is 4.32. The van der Waals surface area contributed by atoms with Crippen LogP contribution in [0.5, 0.6) is 0 Å². The molecule has 0 radical (unpaired) electrons. The van der Waals surface area contributed by atoms with E-state index < -0.39 is 0 Å². The summed E-state index contributed by atoms with van der Waals surface area (Å²) in [6.07, 6.45) is 0. The van der Waals surface area contributed by atoms with Crippen LogP contribution in [-0.2, 0) is 14.1 Å². The fourth-order valence-electron chi connectivity index (χ4n) is 6.87. The van der Waals surface area contributed by atoms with E-state index in [0.717, 1.165) is 0 Å². The average Bonchev–Trinajstić information content (AvgIpc) is 3.32. The standard InChI is InChI=1S/C41H31N2/c1-42-37-25-23-32(27-38(37)43(2)41(42)30-18-10-5-11-19-30)31-22-24-35-36(26-31)40(29-16-8-4-9-17-29)34-21-13-12-20-33(34)39(35)28-14-6-3-7-15-28/h3-27H,1-2H3/q+1. The Morgan fingerprint density at radius 1 is 0.419 bits per heavy atom. The molecule has 0 atom stereocenters.